The Balaban J connectivity index is 1.61. The first kappa shape index (κ1) is 14.9. The Hall–Kier alpha value is -1.47. The average Bonchev–Trinajstić information content (AvgIpc) is 2.77. The van der Waals surface area contributed by atoms with Crippen molar-refractivity contribution in [1.82, 2.24) is 15.6 Å². The molecule has 1 aliphatic rings. The van der Waals surface area contributed by atoms with Gasteiger partial charge in [0, 0.05) is 37.9 Å². The lowest BCUT2D eigenvalue weighted by Gasteiger charge is -2.10. The molecule has 110 valence electrons. The lowest BCUT2D eigenvalue weighted by Crippen LogP contribution is -2.34. The molecule has 1 saturated heterocycles. The second kappa shape index (κ2) is 6.81. The van der Waals surface area contributed by atoms with Gasteiger partial charge in [0.05, 0.1) is 11.5 Å². The van der Waals surface area contributed by atoms with E-state index in [2.05, 4.69) is 15.6 Å². The first-order valence-corrected chi connectivity index (χ1v) is 8.47. The molecule has 0 aliphatic carbocycles. The summed E-state index contributed by atoms with van der Waals surface area (Å²) < 4.78 is 22.5. The van der Waals surface area contributed by atoms with Gasteiger partial charge in [0.25, 0.3) is 0 Å². The Morgan fingerprint density at radius 1 is 1.35 bits per heavy atom. The van der Waals surface area contributed by atoms with E-state index in [-0.39, 0.29) is 23.5 Å². The summed E-state index contributed by atoms with van der Waals surface area (Å²) in [5, 5.41) is 5.93. The minimum Gasteiger partial charge on any atom is -0.352 e. The third kappa shape index (κ3) is 4.90. The number of carbonyl (C=O) groups is 1. The van der Waals surface area contributed by atoms with E-state index in [9.17, 15) is 13.2 Å². The molecule has 1 aromatic heterocycles. The zero-order chi connectivity index (χ0) is 14.4. The first-order valence-electron chi connectivity index (χ1n) is 6.64. The Morgan fingerprint density at radius 2 is 2.10 bits per heavy atom. The zero-order valence-corrected chi connectivity index (χ0v) is 12.0. The number of sulfone groups is 1. The number of nitrogens with zero attached hydrogens (tertiary/aromatic N) is 1. The topological polar surface area (TPSA) is 88.2 Å². The molecule has 6 nitrogen and oxygen atoms in total. The van der Waals surface area contributed by atoms with Gasteiger partial charge in [-0.15, -0.1) is 0 Å². The van der Waals surface area contributed by atoms with E-state index in [1.165, 1.54) is 0 Å². The van der Waals surface area contributed by atoms with Gasteiger partial charge in [-0.1, -0.05) is 0 Å². The molecule has 7 heteroatoms. The fourth-order valence-corrected chi connectivity index (χ4v) is 3.84. The second-order valence-corrected chi connectivity index (χ2v) is 7.16. The van der Waals surface area contributed by atoms with Gasteiger partial charge in [0.2, 0.25) is 5.91 Å². The van der Waals surface area contributed by atoms with Crippen LogP contribution in [0.25, 0.3) is 0 Å². The number of amides is 1. The van der Waals surface area contributed by atoms with E-state index in [1.54, 1.807) is 12.4 Å². The first-order chi connectivity index (χ1) is 9.55. The predicted molar refractivity (Wildman–Crippen MR) is 75.8 cm³/mol. The Morgan fingerprint density at radius 3 is 2.75 bits per heavy atom. The van der Waals surface area contributed by atoms with Crippen molar-refractivity contribution in [3.05, 3.63) is 30.1 Å². The summed E-state index contributed by atoms with van der Waals surface area (Å²) in [4.78, 5) is 15.5. The summed E-state index contributed by atoms with van der Waals surface area (Å²) in [7, 11) is -2.86. The quantitative estimate of drug-likeness (QED) is 0.763. The second-order valence-electron chi connectivity index (χ2n) is 4.94. The molecule has 2 rings (SSSR count). The van der Waals surface area contributed by atoms with Crippen LogP contribution >= 0.6 is 0 Å². The highest BCUT2D eigenvalue weighted by Crippen LogP contribution is 2.10. The molecule has 2 N–H and O–H groups in total. The maximum Gasteiger partial charge on any atom is 0.221 e. The van der Waals surface area contributed by atoms with Crippen molar-refractivity contribution in [2.75, 3.05) is 18.1 Å². The van der Waals surface area contributed by atoms with E-state index < -0.39 is 9.84 Å². The molecular formula is C13H19N3O3S. The van der Waals surface area contributed by atoms with Gasteiger partial charge in [-0.2, -0.15) is 0 Å². The molecule has 1 aliphatic heterocycles. The number of hydrogen-bond acceptors (Lipinski definition) is 5. The highest BCUT2D eigenvalue weighted by atomic mass is 32.2. The van der Waals surface area contributed by atoms with Crippen molar-refractivity contribution in [3.8, 4) is 0 Å². The van der Waals surface area contributed by atoms with Crippen LogP contribution in [-0.2, 0) is 21.2 Å². The van der Waals surface area contributed by atoms with Gasteiger partial charge in [0.15, 0.2) is 9.84 Å². The summed E-state index contributed by atoms with van der Waals surface area (Å²) in [6.45, 7) is 0.988. The summed E-state index contributed by atoms with van der Waals surface area (Å²) >= 11 is 0. The van der Waals surface area contributed by atoms with Crippen molar-refractivity contribution >= 4 is 15.7 Å². The molecule has 20 heavy (non-hydrogen) atoms. The average molecular weight is 297 g/mol. The lowest BCUT2D eigenvalue weighted by atomic mass is 10.2. The third-order valence-corrected chi connectivity index (χ3v) is 5.02. The van der Waals surface area contributed by atoms with Crippen LogP contribution in [-0.4, -0.2) is 43.4 Å². The van der Waals surface area contributed by atoms with Crippen molar-refractivity contribution in [2.45, 2.75) is 25.4 Å². The fraction of sp³-hybridized carbons (Fsp3) is 0.538. The van der Waals surface area contributed by atoms with Crippen molar-refractivity contribution in [3.63, 3.8) is 0 Å². The molecule has 1 unspecified atom stereocenters. The normalized spacial score (nSPS) is 20.7. The Bertz CT molecular complexity index is 545. The number of aromatic nitrogens is 1. The molecule has 1 aromatic rings. The Labute approximate surface area is 118 Å². The molecule has 1 fully saturated rings. The number of pyridine rings is 1. The highest BCUT2D eigenvalue weighted by Gasteiger charge is 2.27. The molecule has 0 radical (unpaired) electrons. The molecule has 2 heterocycles. The summed E-state index contributed by atoms with van der Waals surface area (Å²) in [6, 6.07) is 3.69. The van der Waals surface area contributed by atoms with Crippen LogP contribution in [0.1, 0.15) is 18.4 Å². The molecular weight excluding hydrogens is 278 g/mol. The number of hydrogen-bond donors (Lipinski definition) is 2. The molecule has 0 aromatic carbocycles. The highest BCUT2D eigenvalue weighted by molar-refractivity contribution is 7.91. The van der Waals surface area contributed by atoms with Crippen LogP contribution < -0.4 is 10.6 Å². The fourth-order valence-electron chi connectivity index (χ4n) is 2.14. The third-order valence-electron chi connectivity index (χ3n) is 3.26. The van der Waals surface area contributed by atoms with Crippen molar-refractivity contribution < 1.29 is 13.2 Å². The SMILES string of the molecule is O=C(CCNC1CCS(=O)(=O)C1)NCc1ccncc1. The standard InChI is InChI=1S/C13H19N3O3S/c17-13(16-9-11-1-5-14-6-2-11)3-7-15-12-4-8-20(18,19)10-12/h1-2,5-6,12,15H,3-4,7-10H2,(H,16,17). The van der Waals surface area contributed by atoms with Gasteiger partial charge in [-0.3, -0.25) is 9.78 Å². The molecule has 0 bridgehead atoms. The van der Waals surface area contributed by atoms with Crippen LogP contribution in [0.5, 0.6) is 0 Å². The van der Waals surface area contributed by atoms with Gasteiger partial charge < -0.3 is 10.6 Å². The van der Waals surface area contributed by atoms with E-state index in [1.807, 2.05) is 12.1 Å². The van der Waals surface area contributed by atoms with E-state index >= 15 is 0 Å². The van der Waals surface area contributed by atoms with Crippen LogP contribution in [0.2, 0.25) is 0 Å². The maximum atomic E-state index is 11.6. The summed E-state index contributed by atoms with van der Waals surface area (Å²) in [5.41, 5.74) is 1.00. The maximum absolute atomic E-state index is 11.6. The van der Waals surface area contributed by atoms with Crippen molar-refractivity contribution in [1.29, 1.82) is 0 Å². The minimum atomic E-state index is -2.86. The monoisotopic (exact) mass is 297 g/mol. The number of rotatable bonds is 6. The van der Waals surface area contributed by atoms with Crippen LogP contribution in [0.15, 0.2) is 24.5 Å². The molecule has 1 atom stereocenters. The number of carbonyl (C=O) groups excluding carboxylic acids is 1. The van der Waals surface area contributed by atoms with Gasteiger partial charge in [-0.25, -0.2) is 8.42 Å². The van der Waals surface area contributed by atoms with Crippen LogP contribution in [0, 0.1) is 0 Å². The van der Waals surface area contributed by atoms with Gasteiger partial charge in [0.1, 0.15) is 0 Å². The molecule has 0 saturated carbocycles. The minimum absolute atomic E-state index is 0.00648. The van der Waals surface area contributed by atoms with Crippen LogP contribution in [0.4, 0.5) is 0 Å². The summed E-state index contributed by atoms with van der Waals surface area (Å²) in [5.74, 6) is 0.389. The van der Waals surface area contributed by atoms with Gasteiger partial charge in [-0.05, 0) is 24.1 Å². The van der Waals surface area contributed by atoms with E-state index in [4.69, 9.17) is 0 Å². The lowest BCUT2D eigenvalue weighted by molar-refractivity contribution is -0.121. The number of nitrogens with one attached hydrogen (secondary N) is 2. The predicted octanol–water partition coefficient (Wildman–Crippen LogP) is -0.135. The summed E-state index contributed by atoms with van der Waals surface area (Å²) in [6.07, 6.45) is 4.36. The molecule has 0 spiro atoms. The molecule has 1 amide bonds. The van der Waals surface area contributed by atoms with Crippen LogP contribution in [0.3, 0.4) is 0 Å². The Kier molecular flexibility index (Phi) is 5.08. The van der Waals surface area contributed by atoms with E-state index in [0.717, 1.165) is 5.56 Å². The van der Waals surface area contributed by atoms with E-state index in [0.29, 0.717) is 25.9 Å². The largest absolute Gasteiger partial charge is 0.352 e. The van der Waals surface area contributed by atoms with Gasteiger partial charge >= 0.3 is 0 Å². The smallest absolute Gasteiger partial charge is 0.221 e. The van der Waals surface area contributed by atoms with Crippen molar-refractivity contribution in [2.24, 2.45) is 0 Å². The zero-order valence-electron chi connectivity index (χ0n) is 11.2.